The summed E-state index contributed by atoms with van der Waals surface area (Å²) in [5, 5.41) is 0.409. The van der Waals surface area contributed by atoms with Crippen molar-refractivity contribution in [2.24, 2.45) is 0 Å². The average Bonchev–Trinajstić information content (AvgIpc) is 2.93. The molecule has 37 heavy (non-hydrogen) atoms. The van der Waals surface area contributed by atoms with Crippen molar-refractivity contribution in [3.63, 3.8) is 0 Å². The molecule has 2 N–H and O–H groups in total. The molecule has 1 aliphatic rings. The number of nitrogen functional groups attached to an aromatic ring is 1. The lowest BCUT2D eigenvalue weighted by Gasteiger charge is -2.35. The Morgan fingerprint density at radius 1 is 0.946 bits per heavy atom. The summed E-state index contributed by atoms with van der Waals surface area (Å²) < 4.78 is 0. The molecule has 1 aliphatic heterocycles. The summed E-state index contributed by atoms with van der Waals surface area (Å²) in [6, 6.07) is 19.6. The van der Waals surface area contributed by atoms with Crippen LogP contribution in [0.2, 0.25) is 5.02 Å². The molecule has 0 unspecified atom stereocenters. The summed E-state index contributed by atoms with van der Waals surface area (Å²) in [7, 11) is 0. The number of carbonyl (C=O) groups excluding carboxylic acids is 1. The molecule has 1 amide bonds. The molecule has 0 atom stereocenters. The number of nitrogens with zero attached hydrogens (tertiary/aromatic N) is 5. The number of hydrogen-bond donors (Lipinski definition) is 1. The van der Waals surface area contributed by atoms with Crippen molar-refractivity contribution in [2.45, 2.75) is 19.9 Å². The molecule has 2 aromatic heterocycles. The van der Waals surface area contributed by atoms with E-state index >= 15 is 0 Å². The van der Waals surface area contributed by atoms with Crippen LogP contribution in [-0.2, 0) is 13.0 Å². The number of anilines is 1. The van der Waals surface area contributed by atoms with Gasteiger partial charge in [-0.1, -0.05) is 54.9 Å². The van der Waals surface area contributed by atoms with Crippen molar-refractivity contribution >= 4 is 23.3 Å². The molecule has 7 nitrogen and oxygen atoms in total. The van der Waals surface area contributed by atoms with Crippen molar-refractivity contribution in [1.29, 1.82) is 0 Å². The maximum absolute atomic E-state index is 13.3. The fraction of sp³-hybridized carbons (Fsp3) is 0.241. The van der Waals surface area contributed by atoms with Gasteiger partial charge < -0.3 is 10.6 Å². The zero-order valence-electron chi connectivity index (χ0n) is 20.8. The Labute approximate surface area is 221 Å². The Kier molecular flexibility index (Phi) is 7.44. The first-order valence-corrected chi connectivity index (χ1v) is 12.8. The van der Waals surface area contributed by atoms with Gasteiger partial charge in [0.15, 0.2) is 0 Å². The molecule has 0 radical (unpaired) electrons. The third-order valence-electron chi connectivity index (χ3n) is 6.72. The number of benzene rings is 2. The minimum absolute atomic E-state index is 0.0456. The van der Waals surface area contributed by atoms with E-state index in [4.69, 9.17) is 17.3 Å². The third kappa shape index (κ3) is 5.48. The van der Waals surface area contributed by atoms with Crippen LogP contribution in [-0.4, -0.2) is 56.8 Å². The number of piperazine rings is 1. The highest BCUT2D eigenvalue weighted by Gasteiger charge is 2.24. The SMILES string of the molecule is CCc1ncnc(-c2ccc(C(=O)N3CCN(Cc4ccccc4)CC3)c(Cl)c2)c1-c1ccc(N)nc1. The van der Waals surface area contributed by atoms with Crippen LogP contribution in [0.5, 0.6) is 0 Å². The third-order valence-corrected chi connectivity index (χ3v) is 7.03. The fourth-order valence-corrected chi connectivity index (χ4v) is 4.98. The van der Waals surface area contributed by atoms with E-state index in [2.05, 4.69) is 51.0 Å². The van der Waals surface area contributed by atoms with Gasteiger partial charge in [-0.3, -0.25) is 9.69 Å². The quantitative estimate of drug-likeness (QED) is 0.393. The molecule has 5 rings (SSSR count). The zero-order valence-corrected chi connectivity index (χ0v) is 21.5. The van der Waals surface area contributed by atoms with E-state index < -0.39 is 0 Å². The van der Waals surface area contributed by atoms with Crippen LogP contribution in [0.25, 0.3) is 22.4 Å². The van der Waals surface area contributed by atoms with Crippen LogP contribution < -0.4 is 5.73 Å². The minimum Gasteiger partial charge on any atom is -0.384 e. The van der Waals surface area contributed by atoms with Crippen LogP contribution in [0.1, 0.15) is 28.5 Å². The maximum atomic E-state index is 13.3. The number of pyridine rings is 1. The van der Waals surface area contributed by atoms with Crippen molar-refractivity contribution in [1.82, 2.24) is 24.8 Å². The van der Waals surface area contributed by atoms with Gasteiger partial charge in [0.05, 0.1) is 22.0 Å². The van der Waals surface area contributed by atoms with Crippen LogP contribution in [0.4, 0.5) is 5.82 Å². The minimum atomic E-state index is -0.0456. The highest BCUT2D eigenvalue weighted by atomic mass is 35.5. The average molecular weight is 513 g/mol. The second-order valence-corrected chi connectivity index (χ2v) is 9.53. The Bertz CT molecular complexity index is 1390. The van der Waals surface area contributed by atoms with Crippen LogP contribution in [0, 0.1) is 0 Å². The normalized spacial score (nSPS) is 14.1. The van der Waals surface area contributed by atoms with Gasteiger partial charge in [-0.15, -0.1) is 0 Å². The first kappa shape index (κ1) is 24.9. The van der Waals surface area contributed by atoms with Gasteiger partial charge in [-0.2, -0.15) is 0 Å². The van der Waals surface area contributed by atoms with E-state index in [1.54, 1.807) is 24.7 Å². The van der Waals surface area contributed by atoms with E-state index in [9.17, 15) is 4.79 Å². The molecular formula is C29H29ClN6O. The molecule has 4 aromatic rings. The lowest BCUT2D eigenvalue weighted by atomic mass is 9.97. The van der Waals surface area contributed by atoms with Gasteiger partial charge in [0.2, 0.25) is 0 Å². The summed E-state index contributed by atoms with van der Waals surface area (Å²) in [6.45, 7) is 5.94. The molecule has 1 saturated heterocycles. The number of amides is 1. The number of hydrogen-bond acceptors (Lipinski definition) is 6. The van der Waals surface area contributed by atoms with Gasteiger partial charge in [0, 0.05) is 55.6 Å². The lowest BCUT2D eigenvalue weighted by molar-refractivity contribution is 0.0628. The standard InChI is InChI=1S/C29H29ClN6O/c1-2-25-27(22-9-11-26(31)32-17-22)28(34-19-33-25)21-8-10-23(24(30)16-21)29(37)36-14-12-35(13-15-36)18-20-6-4-3-5-7-20/h3-11,16-17,19H,2,12-15,18H2,1H3,(H2,31,32). The van der Waals surface area contributed by atoms with Crippen molar-refractivity contribution < 1.29 is 4.79 Å². The van der Waals surface area contributed by atoms with Crippen molar-refractivity contribution in [3.8, 4) is 22.4 Å². The van der Waals surface area contributed by atoms with E-state index in [0.29, 0.717) is 29.5 Å². The monoisotopic (exact) mass is 512 g/mol. The summed E-state index contributed by atoms with van der Waals surface area (Å²) >= 11 is 6.69. The van der Waals surface area contributed by atoms with Gasteiger partial charge in [0.1, 0.15) is 12.1 Å². The smallest absolute Gasteiger partial charge is 0.255 e. The first-order chi connectivity index (χ1) is 18.0. The largest absolute Gasteiger partial charge is 0.384 e. The fourth-order valence-electron chi connectivity index (χ4n) is 4.72. The molecule has 0 saturated carbocycles. The molecule has 8 heteroatoms. The number of halogens is 1. The highest BCUT2D eigenvalue weighted by molar-refractivity contribution is 6.34. The Hall–Kier alpha value is -3.81. The number of carbonyl (C=O) groups is 1. The molecule has 0 bridgehead atoms. The number of aryl methyl sites for hydroxylation is 1. The number of rotatable bonds is 6. The highest BCUT2D eigenvalue weighted by Crippen LogP contribution is 2.34. The predicted molar refractivity (Wildman–Crippen MR) is 147 cm³/mol. The molecular weight excluding hydrogens is 484 g/mol. The first-order valence-electron chi connectivity index (χ1n) is 12.4. The molecule has 188 valence electrons. The Balaban J connectivity index is 1.35. The van der Waals surface area contributed by atoms with E-state index in [0.717, 1.165) is 54.1 Å². The predicted octanol–water partition coefficient (Wildman–Crippen LogP) is 4.96. The Morgan fingerprint density at radius 2 is 1.70 bits per heavy atom. The molecule has 0 spiro atoms. The molecule has 0 aliphatic carbocycles. The van der Waals surface area contributed by atoms with Gasteiger partial charge in [0.25, 0.3) is 5.91 Å². The molecule has 3 heterocycles. The summed E-state index contributed by atoms with van der Waals surface area (Å²) in [6.07, 6.45) is 4.02. The van der Waals surface area contributed by atoms with Gasteiger partial charge in [-0.25, -0.2) is 15.0 Å². The van der Waals surface area contributed by atoms with Crippen molar-refractivity contribution in [2.75, 3.05) is 31.9 Å². The number of aromatic nitrogens is 3. The van der Waals surface area contributed by atoms with Gasteiger partial charge in [-0.05, 0) is 36.2 Å². The molecule has 2 aromatic carbocycles. The van der Waals surface area contributed by atoms with E-state index in [1.165, 1.54) is 5.56 Å². The maximum Gasteiger partial charge on any atom is 0.255 e. The van der Waals surface area contributed by atoms with E-state index in [1.807, 2.05) is 29.2 Å². The lowest BCUT2D eigenvalue weighted by Crippen LogP contribution is -2.48. The molecule has 1 fully saturated rings. The number of nitrogens with two attached hydrogens (primary N) is 1. The van der Waals surface area contributed by atoms with Crippen molar-refractivity contribution in [3.05, 3.63) is 95.0 Å². The van der Waals surface area contributed by atoms with Crippen LogP contribution in [0.15, 0.2) is 73.2 Å². The van der Waals surface area contributed by atoms with Gasteiger partial charge >= 0.3 is 0 Å². The van der Waals surface area contributed by atoms with Crippen LogP contribution >= 0.6 is 11.6 Å². The second-order valence-electron chi connectivity index (χ2n) is 9.12. The summed E-state index contributed by atoms with van der Waals surface area (Å²) in [5.41, 5.74) is 11.8. The van der Waals surface area contributed by atoms with Crippen LogP contribution in [0.3, 0.4) is 0 Å². The second kappa shape index (κ2) is 11.1. The Morgan fingerprint density at radius 3 is 2.38 bits per heavy atom. The van der Waals surface area contributed by atoms with E-state index in [-0.39, 0.29) is 5.91 Å². The zero-order chi connectivity index (χ0) is 25.8. The summed E-state index contributed by atoms with van der Waals surface area (Å²) in [4.78, 5) is 30.9. The summed E-state index contributed by atoms with van der Waals surface area (Å²) in [5.74, 6) is 0.405. The topological polar surface area (TPSA) is 88.2 Å².